The van der Waals surface area contributed by atoms with Crippen LogP contribution in [0.1, 0.15) is 16.3 Å². The van der Waals surface area contributed by atoms with E-state index < -0.39 is 10.4 Å². The highest BCUT2D eigenvalue weighted by Gasteiger charge is 2.28. The van der Waals surface area contributed by atoms with E-state index in [1.54, 1.807) is 12.3 Å². The smallest absolute Gasteiger partial charge is 0.271 e. The van der Waals surface area contributed by atoms with Crippen molar-refractivity contribution in [3.63, 3.8) is 0 Å². The highest BCUT2D eigenvalue weighted by molar-refractivity contribution is 7.94. The number of fused-ring (bicyclic) bond motifs is 1. The number of hydrogen-bond acceptors (Lipinski definition) is 4. The summed E-state index contributed by atoms with van der Waals surface area (Å²) in [7, 11) is -3.23. The van der Waals surface area contributed by atoms with Crippen LogP contribution in [-0.4, -0.2) is 43.7 Å². The average molecular weight is 284 g/mol. The van der Waals surface area contributed by atoms with Gasteiger partial charge in [-0.1, -0.05) is 10.3 Å². The van der Waals surface area contributed by atoms with E-state index in [0.717, 1.165) is 0 Å². The van der Waals surface area contributed by atoms with Crippen LogP contribution in [0.25, 0.3) is 0 Å². The molecule has 1 aromatic rings. The molecular weight excluding hydrogens is 268 g/mol. The number of hydrogen-bond donors (Lipinski definition) is 1. The molecule has 0 radical (unpaired) electrons. The monoisotopic (exact) mass is 284 g/mol. The van der Waals surface area contributed by atoms with Gasteiger partial charge in [-0.05, 0) is 0 Å². The molecule has 1 atom stereocenters. The fraction of sp³-hybridized carbons (Fsp3) is 0.455. The number of carbonyl (C=O) groups is 1. The van der Waals surface area contributed by atoms with Gasteiger partial charge in [0.05, 0.1) is 6.54 Å². The Kier molecular flexibility index (Phi) is 3.83. The van der Waals surface area contributed by atoms with Crippen molar-refractivity contribution < 1.29 is 13.6 Å². The third-order valence-electron chi connectivity index (χ3n) is 2.88. The molecule has 0 saturated carbocycles. The second kappa shape index (κ2) is 5.24. The van der Waals surface area contributed by atoms with E-state index in [4.69, 9.17) is 0 Å². The van der Waals surface area contributed by atoms with Gasteiger partial charge in [-0.2, -0.15) is 0 Å². The lowest BCUT2D eigenvalue weighted by molar-refractivity contribution is 0.0953. The molecule has 1 N–H and O–H groups in total. The third-order valence-corrected chi connectivity index (χ3v) is 4.13. The van der Waals surface area contributed by atoms with Crippen LogP contribution in [0.2, 0.25) is 0 Å². The van der Waals surface area contributed by atoms with Crippen molar-refractivity contribution in [3.05, 3.63) is 30.4 Å². The fourth-order valence-corrected chi connectivity index (χ4v) is 2.64. The number of imidazole rings is 1. The summed E-state index contributed by atoms with van der Waals surface area (Å²) >= 11 is 0. The van der Waals surface area contributed by atoms with Crippen LogP contribution < -0.4 is 5.32 Å². The lowest BCUT2D eigenvalue weighted by atomic mass is 10.4. The highest BCUT2D eigenvalue weighted by Crippen LogP contribution is 2.17. The minimum atomic E-state index is -3.23. The molecule has 1 aliphatic rings. The van der Waals surface area contributed by atoms with Crippen molar-refractivity contribution >= 4 is 16.3 Å². The van der Waals surface area contributed by atoms with E-state index in [0.29, 0.717) is 31.2 Å². The van der Waals surface area contributed by atoms with Gasteiger partial charge in [0.1, 0.15) is 34.7 Å². The molecule has 19 heavy (non-hydrogen) atoms. The predicted molar refractivity (Wildman–Crippen MR) is 69.9 cm³/mol. The SMILES string of the molecule is C=CCNC(=O)c1cn2c(n1)CN([S+](C)(=O)[O-])CC2. The highest BCUT2D eigenvalue weighted by atomic mass is 32.3. The molecule has 7 nitrogen and oxygen atoms in total. The average Bonchev–Trinajstić information content (AvgIpc) is 2.77. The van der Waals surface area contributed by atoms with Gasteiger partial charge < -0.3 is 14.4 Å². The number of amides is 1. The van der Waals surface area contributed by atoms with E-state index in [9.17, 15) is 13.6 Å². The quantitative estimate of drug-likeness (QED) is 0.612. The van der Waals surface area contributed by atoms with Crippen molar-refractivity contribution in [2.75, 3.05) is 19.3 Å². The topological polar surface area (TPSA) is 90.3 Å². The molecule has 104 valence electrons. The van der Waals surface area contributed by atoms with Crippen LogP contribution in [0, 0.1) is 0 Å². The van der Waals surface area contributed by atoms with Crippen molar-refractivity contribution in [1.29, 1.82) is 0 Å². The zero-order valence-electron chi connectivity index (χ0n) is 10.7. The van der Waals surface area contributed by atoms with Crippen LogP contribution in [0.4, 0.5) is 0 Å². The zero-order valence-corrected chi connectivity index (χ0v) is 11.5. The van der Waals surface area contributed by atoms with Crippen molar-refractivity contribution in [3.8, 4) is 0 Å². The molecule has 0 aliphatic carbocycles. The van der Waals surface area contributed by atoms with Crippen LogP contribution in [0.5, 0.6) is 0 Å². The summed E-state index contributed by atoms with van der Waals surface area (Å²) in [6.45, 7) is 4.99. The number of carbonyl (C=O) groups excluding carboxylic acids is 1. The fourth-order valence-electron chi connectivity index (χ4n) is 1.88. The largest absolute Gasteiger partial charge is 0.598 e. The number of rotatable bonds is 4. The van der Waals surface area contributed by atoms with Gasteiger partial charge in [0.25, 0.3) is 5.91 Å². The zero-order chi connectivity index (χ0) is 14.0. The molecule has 0 bridgehead atoms. The Balaban J connectivity index is 2.14. The van der Waals surface area contributed by atoms with Gasteiger partial charge in [0, 0.05) is 19.3 Å². The first-order chi connectivity index (χ1) is 8.91. The molecule has 1 amide bonds. The Labute approximate surface area is 112 Å². The Morgan fingerprint density at radius 2 is 2.42 bits per heavy atom. The maximum atomic E-state index is 11.7. The van der Waals surface area contributed by atoms with E-state index in [-0.39, 0.29) is 12.5 Å². The summed E-state index contributed by atoms with van der Waals surface area (Å²) < 4.78 is 26.1. The minimum Gasteiger partial charge on any atom is -0.598 e. The predicted octanol–water partition coefficient (Wildman–Crippen LogP) is -0.211. The molecule has 1 aromatic heterocycles. The van der Waals surface area contributed by atoms with Gasteiger partial charge in [0.2, 0.25) is 0 Å². The van der Waals surface area contributed by atoms with Crippen LogP contribution >= 0.6 is 0 Å². The van der Waals surface area contributed by atoms with Gasteiger partial charge >= 0.3 is 0 Å². The van der Waals surface area contributed by atoms with Crippen LogP contribution in [0.3, 0.4) is 0 Å². The number of nitrogens with zero attached hydrogens (tertiary/aromatic N) is 3. The first-order valence-corrected chi connectivity index (χ1v) is 7.67. The molecule has 2 rings (SSSR count). The van der Waals surface area contributed by atoms with Crippen LogP contribution in [0.15, 0.2) is 18.9 Å². The summed E-state index contributed by atoms with van der Waals surface area (Å²) in [6.07, 6.45) is 4.40. The standard InChI is InChI=1S/C11H16N4O3S/c1-3-4-12-11(16)9-7-14-5-6-15(19(2,17)18)8-10(14)13-9/h3,7H,1,4-6,8H2,2H3,(H-,12,16,17,18). The molecule has 1 unspecified atom stereocenters. The summed E-state index contributed by atoms with van der Waals surface area (Å²) in [5.74, 6) is 0.299. The number of nitrogens with one attached hydrogen (secondary N) is 1. The molecule has 0 saturated heterocycles. The summed E-state index contributed by atoms with van der Waals surface area (Å²) in [5.41, 5.74) is 0.298. The second-order valence-electron chi connectivity index (χ2n) is 4.33. The van der Waals surface area contributed by atoms with Crippen molar-refractivity contribution in [2.45, 2.75) is 13.1 Å². The summed E-state index contributed by atoms with van der Waals surface area (Å²) in [4.78, 5) is 15.9. The van der Waals surface area contributed by atoms with Gasteiger partial charge in [-0.3, -0.25) is 4.79 Å². The van der Waals surface area contributed by atoms with Gasteiger partial charge in [-0.15, -0.1) is 10.9 Å². The molecule has 8 heteroatoms. The van der Waals surface area contributed by atoms with Crippen LogP contribution in [-0.2, 0) is 27.7 Å². The Bertz CT molecular complexity index is 548. The van der Waals surface area contributed by atoms with Crippen molar-refractivity contribution in [1.82, 2.24) is 19.2 Å². The summed E-state index contributed by atoms with van der Waals surface area (Å²) in [5, 5.41) is 2.63. The Morgan fingerprint density at radius 3 is 3.05 bits per heavy atom. The molecular formula is C11H16N4O3S. The van der Waals surface area contributed by atoms with Crippen molar-refractivity contribution in [2.24, 2.45) is 0 Å². The lowest BCUT2D eigenvalue weighted by Gasteiger charge is -2.28. The van der Waals surface area contributed by atoms with E-state index >= 15 is 0 Å². The third kappa shape index (κ3) is 3.09. The molecule has 0 aromatic carbocycles. The molecule has 2 heterocycles. The van der Waals surface area contributed by atoms with Gasteiger partial charge in [-0.25, -0.2) is 4.98 Å². The Hall–Kier alpha value is -1.51. The normalized spacial score (nSPS) is 18.4. The van der Waals surface area contributed by atoms with E-state index in [1.807, 2.05) is 4.57 Å². The van der Waals surface area contributed by atoms with E-state index in [1.165, 1.54) is 10.6 Å². The lowest BCUT2D eigenvalue weighted by Crippen LogP contribution is -2.41. The Morgan fingerprint density at radius 1 is 1.68 bits per heavy atom. The number of aromatic nitrogens is 2. The summed E-state index contributed by atoms with van der Waals surface area (Å²) in [6, 6.07) is 0. The van der Waals surface area contributed by atoms with Gasteiger partial charge in [0.15, 0.2) is 0 Å². The molecule has 0 fully saturated rings. The maximum Gasteiger partial charge on any atom is 0.271 e. The number of sulfonamides is 1. The second-order valence-corrected chi connectivity index (χ2v) is 6.31. The molecule has 0 spiro atoms. The minimum absolute atomic E-state index is 0.202. The maximum absolute atomic E-state index is 11.7. The first kappa shape index (κ1) is 13.9. The first-order valence-electron chi connectivity index (χ1n) is 5.82. The van der Waals surface area contributed by atoms with E-state index in [2.05, 4.69) is 16.9 Å². The molecule has 1 aliphatic heterocycles.